The van der Waals surface area contributed by atoms with E-state index in [-0.39, 0.29) is 44.6 Å². The van der Waals surface area contributed by atoms with E-state index in [1.807, 2.05) is 54.6 Å². The van der Waals surface area contributed by atoms with E-state index in [4.69, 9.17) is 22.9 Å². The number of primary amides is 1. The highest BCUT2D eigenvalue weighted by Crippen LogP contribution is 2.19. The van der Waals surface area contributed by atoms with E-state index >= 15 is 0 Å². The van der Waals surface area contributed by atoms with Gasteiger partial charge in [0.05, 0.1) is 6.04 Å². The number of aliphatic carboxylic acids is 1. The largest absolute Gasteiger partial charge is 0.480 e. The van der Waals surface area contributed by atoms with Crippen LogP contribution in [-0.2, 0) is 36.8 Å². The molecule has 4 atom stereocenters. The van der Waals surface area contributed by atoms with Gasteiger partial charge in [-0.25, -0.2) is 4.79 Å². The van der Waals surface area contributed by atoms with Crippen LogP contribution >= 0.6 is 0 Å². The van der Waals surface area contributed by atoms with E-state index in [0.717, 1.165) is 16.5 Å². The van der Waals surface area contributed by atoms with Gasteiger partial charge in [-0.1, -0.05) is 48.5 Å². The number of carbonyl (C=O) groups excluding carboxylic acids is 4. The van der Waals surface area contributed by atoms with Gasteiger partial charge in [-0.15, -0.1) is 0 Å². The van der Waals surface area contributed by atoms with E-state index in [1.54, 1.807) is 6.20 Å². The summed E-state index contributed by atoms with van der Waals surface area (Å²) in [5, 5.41) is 18.2. The lowest BCUT2D eigenvalue weighted by Crippen LogP contribution is -2.57. The molecule has 13 N–H and O–H groups in total. The van der Waals surface area contributed by atoms with E-state index in [9.17, 15) is 29.1 Å². The maximum atomic E-state index is 13.7. The lowest BCUT2D eigenvalue weighted by atomic mass is 10.0. The molecule has 1 heterocycles. The highest BCUT2D eigenvalue weighted by atomic mass is 16.4. The van der Waals surface area contributed by atoms with Crippen molar-refractivity contribution in [1.82, 2.24) is 20.9 Å². The van der Waals surface area contributed by atoms with Gasteiger partial charge in [0.1, 0.15) is 18.1 Å². The normalized spacial score (nSPS) is 13.5. The number of nitrogens with one attached hydrogen (secondary N) is 4. The van der Waals surface area contributed by atoms with Crippen LogP contribution in [0.25, 0.3) is 10.9 Å². The molecule has 0 aliphatic heterocycles. The average Bonchev–Trinajstić information content (AvgIpc) is 3.42. The number of hydrogen-bond donors (Lipinski definition) is 9. The number of aliphatic imine (C=N–C) groups is 1. The van der Waals surface area contributed by atoms with Crippen molar-refractivity contribution in [3.63, 3.8) is 0 Å². The predicted molar refractivity (Wildman–Crippen MR) is 172 cm³/mol. The van der Waals surface area contributed by atoms with E-state index in [1.165, 1.54) is 0 Å². The van der Waals surface area contributed by atoms with Gasteiger partial charge in [0.15, 0.2) is 5.96 Å². The summed E-state index contributed by atoms with van der Waals surface area (Å²) < 4.78 is 0. The van der Waals surface area contributed by atoms with Gasteiger partial charge in [0.2, 0.25) is 23.6 Å². The summed E-state index contributed by atoms with van der Waals surface area (Å²) in [7, 11) is 0. The second kappa shape index (κ2) is 17.2. The Bertz CT molecular complexity index is 1540. The van der Waals surface area contributed by atoms with Crippen molar-refractivity contribution in [3.8, 4) is 0 Å². The van der Waals surface area contributed by atoms with Crippen molar-refractivity contribution in [2.24, 2.45) is 27.9 Å². The van der Waals surface area contributed by atoms with E-state index < -0.39 is 53.8 Å². The Balaban J connectivity index is 1.84. The van der Waals surface area contributed by atoms with Gasteiger partial charge in [-0.05, 0) is 42.9 Å². The number of fused-ring (bicyclic) bond motifs is 1. The van der Waals surface area contributed by atoms with Gasteiger partial charge in [0.25, 0.3) is 0 Å². The number of H-pyrrole nitrogens is 1. The quantitative estimate of drug-likeness (QED) is 0.0477. The van der Waals surface area contributed by atoms with Crippen molar-refractivity contribution in [2.75, 3.05) is 6.54 Å². The Hall–Kier alpha value is -5.44. The van der Waals surface area contributed by atoms with Crippen molar-refractivity contribution in [1.29, 1.82) is 0 Å². The Labute approximate surface area is 265 Å². The summed E-state index contributed by atoms with van der Waals surface area (Å²) in [4.78, 5) is 70.5. The van der Waals surface area contributed by atoms with Gasteiger partial charge >= 0.3 is 5.97 Å². The number of hydrogen-bond acceptors (Lipinski definition) is 7. The number of guanidine groups is 1. The monoisotopic (exact) mass is 635 g/mol. The van der Waals surface area contributed by atoms with Crippen LogP contribution in [0.4, 0.5) is 0 Å². The summed E-state index contributed by atoms with van der Waals surface area (Å²) in [5.41, 5.74) is 24.5. The number of amides is 4. The molecule has 0 fully saturated rings. The Morgan fingerprint density at radius 3 is 2.09 bits per heavy atom. The third-order valence-electron chi connectivity index (χ3n) is 7.24. The molecule has 1 aromatic heterocycles. The molecule has 0 aliphatic carbocycles. The number of nitrogens with two attached hydrogens (primary N) is 4. The van der Waals surface area contributed by atoms with Gasteiger partial charge in [0, 0.05) is 36.5 Å². The second-order valence-electron chi connectivity index (χ2n) is 10.8. The molecular formula is C31H41N9O6. The molecule has 0 saturated heterocycles. The SMILES string of the molecule is NC(=O)CCC(NC(=O)C(Cc1c[nH]c2ccccc12)NC(=O)C(CCCN=C(N)N)NC(=O)C(N)Cc1ccccc1)C(=O)O. The van der Waals surface area contributed by atoms with Crippen molar-refractivity contribution < 1.29 is 29.1 Å². The second-order valence-corrected chi connectivity index (χ2v) is 10.8. The van der Waals surface area contributed by atoms with Gasteiger partial charge in [-0.3, -0.25) is 24.2 Å². The molecule has 15 nitrogen and oxygen atoms in total. The number of para-hydroxylation sites is 1. The molecule has 0 bridgehead atoms. The fourth-order valence-electron chi connectivity index (χ4n) is 4.83. The number of nitrogens with zero attached hydrogens (tertiary/aromatic N) is 1. The standard InChI is InChI=1S/C31H41N9O6/c32-21(15-18-7-2-1-3-8-18)27(42)38-23(11-6-14-36-31(34)35)28(43)40-25(16-19-17-37-22-10-5-4-9-20(19)22)29(44)39-24(30(45)46)12-13-26(33)41/h1-5,7-10,17,21,23-25,37H,6,11-16,32H2,(H2,33,41)(H,38,42)(H,39,44)(H,40,43)(H,45,46)(H4,34,35,36). The van der Waals surface area contributed by atoms with Crippen molar-refractivity contribution in [3.05, 3.63) is 71.9 Å². The zero-order chi connectivity index (χ0) is 33.6. The molecule has 0 aliphatic rings. The van der Waals surface area contributed by atoms with E-state index in [0.29, 0.717) is 12.0 Å². The topological polar surface area (TPSA) is 274 Å². The molecule has 4 amide bonds. The Morgan fingerprint density at radius 1 is 0.783 bits per heavy atom. The van der Waals surface area contributed by atoms with Gasteiger partial charge in [-0.2, -0.15) is 0 Å². The van der Waals surface area contributed by atoms with Crippen LogP contribution in [0.3, 0.4) is 0 Å². The summed E-state index contributed by atoms with van der Waals surface area (Å²) in [6.45, 7) is 0.178. The lowest BCUT2D eigenvalue weighted by molar-refractivity contribution is -0.142. The molecule has 3 rings (SSSR count). The number of aromatic nitrogens is 1. The first-order chi connectivity index (χ1) is 21.9. The minimum absolute atomic E-state index is 0.0219. The number of carbonyl (C=O) groups is 5. The smallest absolute Gasteiger partial charge is 0.326 e. The first-order valence-corrected chi connectivity index (χ1v) is 14.8. The summed E-state index contributed by atoms with van der Waals surface area (Å²) in [5.74, 6) is -4.32. The maximum absolute atomic E-state index is 13.7. The van der Waals surface area contributed by atoms with Crippen LogP contribution in [0.1, 0.15) is 36.8 Å². The fourth-order valence-corrected chi connectivity index (χ4v) is 4.83. The molecular weight excluding hydrogens is 594 g/mol. The molecule has 0 spiro atoms. The predicted octanol–water partition coefficient (Wildman–Crippen LogP) is -0.861. The third kappa shape index (κ3) is 10.9. The summed E-state index contributed by atoms with van der Waals surface area (Å²) in [6.07, 6.45) is 1.78. The number of carboxylic acids is 1. The van der Waals surface area contributed by atoms with Crippen LogP contribution < -0.4 is 38.9 Å². The molecule has 0 saturated carbocycles. The lowest BCUT2D eigenvalue weighted by Gasteiger charge is -2.25. The highest BCUT2D eigenvalue weighted by Gasteiger charge is 2.31. The first-order valence-electron chi connectivity index (χ1n) is 14.8. The van der Waals surface area contributed by atoms with Crippen LogP contribution in [0, 0.1) is 0 Å². The van der Waals surface area contributed by atoms with Crippen molar-refractivity contribution >= 4 is 46.5 Å². The maximum Gasteiger partial charge on any atom is 0.326 e. The van der Waals surface area contributed by atoms with Crippen LogP contribution in [0.2, 0.25) is 0 Å². The number of aromatic amines is 1. The van der Waals surface area contributed by atoms with Crippen molar-refractivity contribution in [2.45, 2.75) is 62.7 Å². The number of benzene rings is 2. The molecule has 0 radical (unpaired) electrons. The third-order valence-corrected chi connectivity index (χ3v) is 7.24. The number of rotatable bonds is 18. The molecule has 4 unspecified atom stereocenters. The molecule has 15 heteroatoms. The molecule has 2 aromatic carbocycles. The molecule has 3 aromatic rings. The minimum atomic E-state index is -1.44. The fraction of sp³-hybridized carbons (Fsp3) is 0.355. The Kier molecular flexibility index (Phi) is 13.1. The highest BCUT2D eigenvalue weighted by molar-refractivity contribution is 5.95. The Morgan fingerprint density at radius 2 is 1.41 bits per heavy atom. The van der Waals surface area contributed by atoms with Crippen LogP contribution in [0.15, 0.2) is 65.8 Å². The molecule has 246 valence electrons. The summed E-state index contributed by atoms with van der Waals surface area (Å²) >= 11 is 0. The van der Waals surface area contributed by atoms with Gasteiger partial charge < -0.3 is 49.0 Å². The van der Waals surface area contributed by atoms with Crippen LogP contribution in [0.5, 0.6) is 0 Å². The minimum Gasteiger partial charge on any atom is -0.480 e. The first kappa shape index (κ1) is 35.0. The van der Waals surface area contributed by atoms with E-state index in [2.05, 4.69) is 25.9 Å². The zero-order valence-corrected chi connectivity index (χ0v) is 25.3. The molecule has 46 heavy (non-hydrogen) atoms. The average molecular weight is 636 g/mol. The summed E-state index contributed by atoms with van der Waals surface area (Å²) in [6, 6.07) is 11.7. The van der Waals surface area contributed by atoms with Crippen LogP contribution in [-0.4, -0.2) is 76.4 Å². The number of carboxylic acid groups (broad SMARTS) is 1. The zero-order valence-electron chi connectivity index (χ0n) is 25.3.